The maximum atomic E-state index is 5.49. The molecule has 2 aromatic rings. The second-order valence-corrected chi connectivity index (χ2v) is 3.98. The van der Waals surface area contributed by atoms with Gasteiger partial charge in [0.05, 0.1) is 32.9 Å². The molecule has 0 fully saturated rings. The summed E-state index contributed by atoms with van der Waals surface area (Å²) in [6.45, 7) is 0.571. The Bertz CT molecular complexity index is 583. The molecule has 0 radical (unpaired) electrons. The van der Waals surface area contributed by atoms with Gasteiger partial charge in [-0.05, 0) is 11.6 Å². The lowest BCUT2D eigenvalue weighted by atomic mass is 10.1. The number of methoxy groups -OCH3 is 3. The third-order valence-corrected chi connectivity index (χ3v) is 2.80. The summed E-state index contributed by atoms with van der Waals surface area (Å²) in [6, 6.07) is 3.68. The minimum Gasteiger partial charge on any atom is -0.493 e. The summed E-state index contributed by atoms with van der Waals surface area (Å²) in [7, 11) is 4.74. The highest BCUT2D eigenvalue weighted by atomic mass is 16.5. The van der Waals surface area contributed by atoms with E-state index in [9.17, 15) is 0 Å². The molecule has 1 heterocycles. The van der Waals surface area contributed by atoms with Gasteiger partial charge in [0.25, 0.3) is 0 Å². The maximum Gasteiger partial charge on any atom is 0.240 e. The van der Waals surface area contributed by atoms with Crippen LogP contribution in [0, 0.1) is 0 Å². The minimum absolute atomic E-state index is 0.179. The fourth-order valence-electron chi connectivity index (χ4n) is 1.93. The van der Waals surface area contributed by atoms with Gasteiger partial charge in [-0.3, -0.25) is 0 Å². The molecule has 0 aliphatic rings. The molecule has 7 nitrogen and oxygen atoms in total. The summed E-state index contributed by atoms with van der Waals surface area (Å²) in [6.07, 6.45) is 0. The number of aromatic nitrogens is 2. The Labute approximate surface area is 116 Å². The van der Waals surface area contributed by atoms with Gasteiger partial charge in [-0.25, -0.2) is 0 Å². The molecule has 0 spiro atoms. The Morgan fingerprint density at radius 2 is 2.00 bits per heavy atom. The normalized spacial score (nSPS) is 10.6. The van der Waals surface area contributed by atoms with E-state index in [1.807, 2.05) is 6.07 Å². The molecule has 0 aliphatic heterocycles. The molecule has 108 valence electrons. The van der Waals surface area contributed by atoms with Gasteiger partial charge >= 0.3 is 0 Å². The fraction of sp³-hybridized carbons (Fsp3) is 0.385. The van der Waals surface area contributed by atoms with E-state index in [-0.39, 0.29) is 6.54 Å². The molecule has 0 bridgehead atoms. The van der Waals surface area contributed by atoms with Crippen molar-refractivity contribution in [1.29, 1.82) is 0 Å². The molecule has 0 atom stereocenters. The molecule has 0 unspecified atom stereocenters. The summed E-state index contributed by atoms with van der Waals surface area (Å²) in [5.74, 6) is 1.87. The van der Waals surface area contributed by atoms with Gasteiger partial charge < -0.3 is 24.5 Å². The van der Waals surface area contributed by atoms with Crippen molar-refractivity contribution >= 4 is 0 Å². The van der Waals surface area contributed by atoms with E-state index < -0.39 is 0 Å². The van der Waals surface area contributed by atoms with Crippen molar-refractivity contribution in [2.24, 2.45) is 5.73 Å². The molecule has 0 saturated carbocycles. The number of hydrogen-bond acceptors (Lipinski definition) is 7. The molecular formula is C13H17N3O4. The van der Waals surface area contributed by atoms with Gasteiger partial charge in [0.15, 0.2) is 11.5 Å². The third-order valence-electron chi connectivity index (χ3n) is 2.80. The monoisotopic (exact) mass is 279 g/mol. The van der Waals surface area contributed by atoms with E-state index in [2.05, 4.69) is 10.1 Å². The zero-order valence-corrected chi connectivity index (χ0v) is 11.7. The number of benzene rings is 1. The van der Waals surface area contributed by atoms with E-state index in [1.165, 1.54) is 0 Å². The highest BCUT2D eigenvalue weighted by Crippen LogP contribution is 2.39. The van der Waals surface area contributed by atoms with Gasteiger partial charge in [0, 0.05) is 7.11 Å². The van der Waals surface area contributed by atoms with Crippen LogP contribution in [0.1, 0.15) is 11.5 Å². The molecule has 2 rings (SSSR count). The van der Waals surface area contributed by atoms with Gasteiger partial charge in [-0.2, -0.15) is 4.98 Å². The Morgan fingerprint density at radius 1 is 1.20 bits per heavy atom. The molecule has 20 heavy (non-hydrogen) atoms. The molecule has 0 saturated heterocycles. The van der Waals surface area contributed by atoms with Crippen LogP contribution in [0.2, 0.25) is 0 Å². The van der Waals surface area contributed by atoms with Crippen molar-refractivity contribution in [2.45, 2.75) is 13.2 Å². The lowest BCUT2D eigenvalue weighted by Gasteiger charge is -2.14. The van der Waals surface area contributed by atoms with E-state index in [0.29, 0.717) is 35.4 Å². The molecular weight excluding hydrogens is 262 g/mol. The number of hydrogen-bond donors (Lipinski definition) is 1. The predicted octanol–water partition coefficient (Wildman–Crippen LogP) is 1.36. The van der Waals surface area contributed by atoms with Crippen molar-refractivity contribution in [3.8, 4) is 22.9 Å². The SMILES string of the molecule is COCc1ccc(OC)c(OC)c1-c1noc(CN)n1. The van der Waals surface area contributed by atoms with Crippen LogP contribution in [-0.4, -0.2) is 31.5 Å². The Balaban J connectivity index is 2.61. The summed E-state index contributed by atoms with van der Waals surface area (Å²) < 4.78 is 20.9. The highest BCUT2D eigenvalue weighted by molar-refractivity contribution is 5.72. The predicted molar refractivity (Wildman–Crippen MR) is 71.4 cm³/mol. The number of ether oxygens (including phenoxy) is 3. The third kappa shape index (κ3) is 2.59. The fourth-order valence-corrected chi connectivity index (χ4v) is 1.93. The van der Waals surface area contributed by atoms with Crippen molar-refractivity contribution in [2.75, 3.05) is 21.3 Å². The first-order valence-corrected chi connectivity index (χ1v) is 6.01. The summed E-state index contributed by atoms with van der Waals surface area (Å²) >= 11 is 0. The summed E-state index contributed by atoms with van der Waals surface area (Å²) in [5.41, 5.74) is 7.04. The number of rotatable bonds is 6. The Morgan fingerprint density at radius 3 is 2.55 bits per heavy atom. The van der Waals surface area contributed by atoms with Crippen LogP contribution in [0.3, 0.4) is 0 Å². The second-order valence-electron chi connectivity index (χ2n) is 3.98. The topological polar surface area (TPSA) is 92.6 Å². The molecule has 7 heteroatoms. The summed E-state index contributed by atoms with van der Waals surface area (Å²) in [4.78, 5) is 4.23. The van der Waals surface area contributed by atoms with E-state index in [0.717, 1.165) is 5.56 Å². The van der Waals surface area contributed by atoms with E-state index in [1.54, 1.807) is 27.4 Å². The van der Waals surface area contributed by atoms with Crippen molar-refractivity contribution in [1.82, 2.24) is 10.1 Å². The van der Waals surface area contributed by atoms with Crippen molar-refractivity contribution in [3.63, 3.8) is 0 Å². The minimum atomic E-state index is 0.179. The molecule has 0 aliphatic carbocycles. The van der Waals surface area contributed by atoms with E-state index in [4.69, 9.17) is 24.5 Å². The largest absolute Gasteiger partial charge is 0.493 e. The standard InChI is InChI=1S/C13H17N3O4/c1-17-7-8-4-5-9(18-2)12(19-3)11(8)13-15-10(6-14)20-16-13/h4-5H,6-7,14H2,1-3H3. The smallest absolute Gasteiger partial charge is 0.240 e. The van der Waals surface area contributed by atoms with Crippen LogP contribution >= 0.6 is 0 Å². The average molecular weight is 279 g/mol. The van der Waals surface area contributed by atoms with Crippen LogP contribution in [0.25, 0.3) is 11.4 Å². The van der Waals surface area contributed by atoms with Gasteiger partial charge in [0.1, 0.15) is 0 Å². The lowest BCUT2D eigenvalue weighted by molar-refractivity contribution is 0.185. The Kier molecular flexibility index (Phi) is 4.54. The molecule has 1 aromatic carbocycles. The second kappa shape index (κ2) is 6.36. The van der Waals surface area contributed by atoms with Crippen LogP contribution in [-0.2, 0) is 17.9 Å². The molecule has 1 aromatic heterocycles. The summed E-state index contributed by atoms with van der Waals surface area (Å²) in [5, 5.41) is 3.93. The van der Waals surface area contributed by atoms with Crippen molar-refractivity contribution in [3.05, 3.63) is 23.6 Å². The number of nitrogens with zero attached hydrogens (tertiary/aromatic N) is 2. The van der Waals surface area contributed by atoms with E-state index >= 15 is 0 Å². The van der Waals surface area contributed by atoms with Crippen molar-refractivity contribution < 1.29 is 18.7 Å². The quantitative estimate of drug-likeness (QED) is 0.853. The Hall–Kier alpha value is -2.12. The van der Waals surface area contributed by atoms with Crippen LogP contribution in [0.5, 0.6) is 11.5 Å². The highest BCUT2D eigenvalue weighted by Gasteiger charge is 2.21. The average Bonchev–Trinajstić information content (AvgIpc) is 2.95. The lowest BCUT2D eigenvalue weighted by Crippen LogP contribution is -2.00. The number of nitrogens with two attached hydrogens (primary N) is 1. The van der Waals surface area contributed by atoms with Gasteiger partial charge in [-0.15, -0.1) is 0 Å². The zero-order valence-electron chi connectivity index (χ0n) is 11.7. The van der Waals surface area contributed by atoms with Crippen LogP contribution < -0.4 is 15.2 Å². The van der Waals surface area contributed by atoms with Gasteiger partial charge in [-0.1, -0.05) is 11.2 Å². The molecule has 2 N–H and O–H groups in total. The zero-order chi connectivity index (χ0) is 14.5. The van der Waals surface area contributed by atoms with Crippen LogP contribution in [0.4, 0.5) is 0 Å². The maximum absolute atomic E-state index is 5.49. The first kappa shape index (κ1) is 14.3. The van der Waals surface area contributed by atoms with Crippen LogP contribution in [0.15, 0.2) is 16.7 Å². The molecule has 0 amide bonds. The van der Waals surface area contributed by atoms with Gasteiger partial charge in [0.2, 0.25) is 11.7 Å². The first-order valence-electron chi connectivity index (χ1n) is 6.01. The first-order chi connectivity index (χ1) is 9.74.